The van der Waals surface area contributed by atoms with Gasteiger partial charge < -0.3 is 14.7 Å². The van der Waals surface area contributed by atoms with E-state index in [1.54, 1.807) is 0 Å². The first-order valence-corrected chi connectivity index (χ1v) is 22.8. The molecule has 3 aliphatic heterocycles. The van der Waals surface area contributed by atoms with Crippen LogP contribution in [0.4, 0.5) is 5.69 Å². The Bertz CT molecular complexity index is 2180. The number of ketones is 3. The van der Waals surface area contributed by atoms with Crippen LogP contribution in [0.25, 0.3) is 11.1 Å². The summed E-state index contributed by atoms with van der Waals surface area (Å²) in [5.41, 5.74) is 7.82. The summed E-state index contributed by atoms with van der Waals surface area (Å²) in [5, 5.41) is 0. The molecule has 3 aromatic carbocycles. The second-order valence-electron chi connectivity index (χ2n) is 20.5. The van der Waals surface area contributed by atoms with Crippen LogP contribution < -0.4 is 4.90 Å². The van der Waals surface area contributed by atoms with Gasteiger partial charge in [0.15, 0.2) is 17.3 Å². The number of hydrogen-bond acceptors (Lipinski definition) is 6. The van der Waals surface area contributed by atoms with E-state index >= 15 is 0 Å². The van der Waals surface area contributed by atoms with E-state index in [4.69, 9.17) is 0 Å². The Morgan fingerprint density at radius 1 is 0.705 bits per heavy atom. The van der Waals surface area contributed by atoms with Crippen molar-refractivity contribution in [3.63, 3.8) is 0 Å². The van der Waals surface area contributed by atoms with Crippen molar-refractivity contribution in [3.05, 3.63) is 137 Å². The summed E-state index contributed by atoms with van der Waals surface area (Å²) in [6, 6.07) is 27.1. The number of carbonyl (C=O) groups is 3. The molecule has 0 fully saturated rings. The van der Waals surface area contributed by atoms with E-state index in [0.29, 0.717) is 24.8 Å². The van der Waals surface area contributed by atoms with Crippen molar-refractivity contribution in [2.75, 3.05) is 37.6 Å². The molecule has 0 radical (unpaired) electrons. The van der Waals surface area contributed by atoms with E-state index in [2.05, 4.69) is 144 Å². The lowest BCUT2D eigenvalue weighted by molar-refractivity contribution is -0.116. The number of allylic oxidation sites excluding steroid dienone is 4. The van der Waals surface area contributed by atoms with Gasteiger partial charge in [-0.05, 0) is 83.2 Å². The molecule has 324 valence electrons. The van der Waals surface area contributed by atoms with Gasteiger partial charge in [0.2, 0.25) is 0 Å². The highest BCUT2D eigenvalue weighted by Gasteiger charge is 2.41. The standard InChI is InChI=1S/C55H71N3O3/c1-12-50(59)47-37-58(46-16-14-13-15-17-46)34-45(55(47,10)11)31-40(5)51(60)48-35-57(29-27-53(48,6)7)33-39(4)30-41-18-20-42(21-19-41)43-22-24-44(25-23-43)52(61)49-36-56(32-38(2)3)28-26-54(49,8)9/h13-25,31,35-39,45H,12,26-30,32-34H2,1-11H3/b40-31+. The van der Waals surface area contributed by atoms with Crippen LogP contribution in [0.2, 0.25) is 0 Å². The van der Waals surface area contributed by atoms with Crippen molar-refractivity contribution in [1.82, 2.24) is 9.80 Å². The Balaban J connectivity index is 1.11. The zero-order chi connectivity index (χ0) is 44.3. The molecule has 2 unspecified atom stereocenters. The maximum Gasteiger partial charge on any atom is 0.191 e. The number of benzene rings is 3. The highest BCUT2D eigenvalue weighted by molar-refractivity contribution is 6.10. The number of anilines is 1. The van der Waals surface area contributed by atoms with Crippen molar-refractivity contribution < 1.29 is 14.4 Å². The Morgan fingerprint density at radius 2 is 1.26 bits per heavy atom. The van der Waals surface area contributed by atoms with Gasteiger partial charge in [-0.3, -0.25) is 14.4 Å². The Labute approximate surface area is 367 Å². The van der Waals surface area contributed by atoms with E-state index in [0.717, 1.165) is 90.1 Å². The summed E-state index contributed by atoms with van der Waals surface area (Å²) >= 11 is 0. The zero-order valence-corrected chi connectivity index (χ0v) is 39.0. The molecule has 0 N–H and O–H groups in total. The average molecular weight is 822 g/mol. The molecule has 3 heterocycles. The predicted octanol–water partition coefficient (Wildman–Crippen LogP) is 12.1. The number of para-hydroxylation sites is 1. The third kappa shape index (κ3) is 10.6. The van der Waals surface area contributed by atoms with Gasteiger partial charge in [-0.15, -0.1) is 0 Å². The van der Waals surface area contributed by atoms with Gasteiger partial charge in [-0.2, -0.15) is 0 Å². The second kappa shape index (κ2) is 18.6. The molecule has 3 aliphatic rings. The normalized spacial score (nSPS) is 20.5. The average Bonchev–Trinajstić information content (AvgIpc) is 3.22. The van der Waals surface area contributed by atoms with Crippen LogP contribution in [0.5, 0.6) is 0 Å². The van der Waals surface area contributed by atoms with Crippen molar-refractivity contribution in [2.24, 2.45) is 34.0 Å². The molecule has 0 bridgehead atoms. The topological polar surface area (TPSA) is 60.9 Å². The van der Waals surface area contributed by atoms with E-state index in [1.165, 1.54) is 5.56 Å². The van der Waals surface area contributed by atoms with E-state index < -0.39 is 5.41 Å². The third-order valence-corrected chi connectivity index (χ3v) is 13.6. The van der Waals surface area contributed by atoms with Crippen molar-refractivity contribution in [2.45, 2.75) is 102 Å². The van der Waals surface area contributed by atoms with Crippen LogP contribution in [0.15, 0.2) is 126 Å². The Morgan fingerprint density at radius 3 is 1.85 bits per heavy atom. The van der Waals surface area contributed by atoms with Crippen LogP contribution in [0.3, 0.4) is 0 Å². The van der Waals surface area contributed by atoms with Crippen LogP contribution in [-0.2, 0) is 16.0 Å². The van der Waals surface area contributed by atoms with Gasteiger partial charge in [-0.1, -0.05) is 142 Å². The lowest BCUT2D eigenvalue weighted by Gasteiger charge is -2.43. The summed E-state index contributed by atoms with van der Waals surface area (Å²) < 4.78 is 0. The Kier molecular flexibility index (Phi) is 13.9. The van der Waals surface area contributed by atoms with Crippen molar-refractivity contribution in [3.8, 4) is 11.1 Å². The first-order chi connectivity index (χ1) is 28.8. The first kappa shape index (κ1) is 45.6. The predicted molar refractivity (Wildman–Crippen MR) is 253 cm³/mol. The van der Waals surface area contributed by atoms with Gasteiger partial charge in [0.25, 0.3) is 0 Å². The number of rotatable bonds is 15. The maximum atomic E-state index is 14.4. The summed E-state index contributed by atoms with van der Waals surface area (Å²) in [4.78, 5) is 48.3. The molecule has 0 aromatic heterocycles. The second-order valence-corrected chi connectivity index (χ2v) is 20.5. The van der Waals surface area contributed by atoms with Crippen LogP contribution in [-0.4, -0.2) is 59.9 Å². The summed E-state index contributed by atoms with van der Waals surface area (Å²) in [7, 11) is 0. The zero-order valence-electron chi connectivity index (χ0n) is 39.0. The van der Waals surface area contributed by atoms with Crippen LogP contribution >= 0.6 is 0 Å². The number of hydrogen-bond donors (Lipinski definition) is 0. The minimum absolute atomic E-state index is 0.0245. The third-order valence-electron chi connectivity index (χ3n) is 13.6. The smallest absolute Gasteiger partial charge is 0.191 e. The summed E-state index contributed by atoms with van der Waals surface area (Å²) in [6.07, 6.45) is 11.7. The molecule has 0 saturated heterocycles. The monoisotopic (exact) mass is 822 g/mol. The molecule has 6 nitrogen and oxygen atoms in total. The molecule has 0 amide bonds. The quantitative estimate of drug-likeness (QED) is 0.112. The first-order valence-electron chi connectivity index (χ1n) is 22.8. The molecular formula is C55H71N3O3. The van der Waals surface area contributed by atoms with Gasteiger partial charge in [-0.25, -0.2) is 0 Å². The highest BCUT2D eigenvalue weighted by Crippen LogP contribution is 2.44. The minimum Gasteiger partial charge on any atom is -0.377 e. The number of Topliss-reactive ketones (excluding diaryl/α,β-unsaturated/α-hetero) is 3. The number of nitrogens with zero attached hydrogens (tertiary/aromatic N) is 3. The van der Waals surface area contributed by atoms with E-state index in [1.807, 2.05) is 50.4 Å². The molecule has 6 rings (SSSR count). The van der Waals surface area contributed by atoms with Crippen molar-refractivity contribution >= 4 is 23.0 Å². The number of carbonyl (C=O) groups excluding carboxylic acids is 3. The SMILES string of the molecule is CCC(=O)C1=CN(c2ccccc2)CC(/C=C(\C)C(=O)C2=CN(CC(C)Cc3ccc(-c4ccc(C(=O)C5=CN(CC(C)C)CCC5(C)C)cc4)cc3)CCC2(C)C)C1(C)C. The highest BCUT2D eigenvalue weighted by atomic mass is 16.1. The fourth-order valence-electron chi connectivity index (χ4n) is 9.41. The van der Waals surface area contributed by atoms with Crippen molar-refractivity contribution in [1.29, 1.82) is 0 Å². The molecule has 0 saturated carbocycles. The molecule has 0 aliphatic carbocycles. The van der Waals surface area contributed by atoms with Gasteiger partial charge in [0, 0.05) is 97.0 Å². The lowest BCUT2D eigenvalue weighted by atomic mass is 9.68. The van der Waals surface area contributed by atoms with Crippen LogP contribution in [0, 0.1) is 34.0 Å². The molecule has 3 aromatic rings. The van der Waals surface area contributed by atoms with E-state index in [-0.39, 0.29) is 34.1 Å². The van der Waals surface area contributed by atoms with Crippen LogP contribution in [0.1, 0.15) is 111 Å². The van der Waals surface area contributed by atoms with Gasteiger partial charge in [0.05, 0.1) is 0 Å². The minimum atomic E-state index is -0.415. The van der Waals surface area contributed by atoms with Gasteiger partial charge >= 0.3 is 0 Å². The lowest BCUT2D eigenvalue weighted by Crippen LogP contribution is -2.42. The Hall–Kier alpha value is -4.97. The van der Waals surface area contributed by atoms with E-state index in [9.17, 15) is 14.4 Å². The fourth-order valence-corrected chi connectivity index (χ4v) is 9.41. The molecular weight excluding hydrogens is 751 g/mol. The summed E-state index contributed by atoms with van der Waals surface area (Å²) in [6.45, 7) is 28.1. The molecule has 2 atom stereocenters. The maximum absolute atomic E-state index is 14.4. The molecule has 0 spiro atoms. The fraction of sp³-hybridized carbons (Fsp3) is 0.473. The molecule has 6 heteroatoms. The van der Waals surface area contributed by atoms with Gasteiger partial charge in [0.1, 0.15) is 0 Å². The summed E-state index contributed by atoms with van der Waals surface area (Å²) in [5.74, 6) is 1.27. The molecule has 61 heavy (non-hydrogen) atoms. The largest absolute Gasteiger partial charge is 0.377 e.